The van der Waals surface area contributed by atoms with Gasteiger partial charge in [0.2, 0.25) is 15.9 Å². The molecule has 1 aromatic carbocycles. The van der Waals surface area contributed by atoms with Crippen LogP contribution in [-0.2, 0) is 27.9 Å². The molecular weight excluding hydrogens is 399 g/mol. The van der Waals surface area contributed by atoms with Crippen LogP contribution in [0, 0.1) is 12.7 Å². The molecule has 0 unspecified atom stereocenters. The average molecular weight is 427 g/mol. The third-order valence-corrected chi connectivity index (χ3v) is 7.09. The maximum absolute atomic E-state index is 13.2. The summed E-state index contributed by atoms with van der Waals surface area (Å²) >= 11 is 1.56. The van der Waals surface area contributed by atoms with Crippen LogP contribution in [0.3, 0.4) is 0 Å². The van der Waals surface area contributed by atoms with Crippen molar-refractivity contribution in [2.75, 3.05) is 12.8 Å². The molecule has 0 aliphatic rings. The molecule has 0 radical (unpaired) electrons. The van der Waals surface area contributed by atoms with Gasteiger partial charge in [-0.05, 0) is 55.0 Å². The summed E-state index contributed by atoms with van der Waals surface area (Å²) in [5.74, 6) is -0.612. The number of aryl methyl sites for hydroxylation is 1. The van der Waals surface area contributed by atoms with E-state index in [0.717, 1.165) is 22.3 Å². The van der Waals surface area contributed by atoms with Crippen molar-refractivity contribution in [2.24, 2.45) is 0 Å². The summed E-state index contributed by atoms with van der Waals surface area (Å²) in [6.45, 7) is 6.13. The topological polar surface area (TPSA) is 57.7 Å². The predicted molar refractivity (Wildman–Crippen MR) is 111 cm³/mol. The Morgan fingerprint density at radius 3 is 2.32 bits per heavy atom. The summed E-state index contributed by atoms with van der Waals surface area (Å²) in [5.41, 5.74) is 1.88. The van der Waals surface area contributed by atoms with Crippen molar-refractivity contribution in [3.8, 4) is 0 Å². The molecule has 0 N–H and O–H groups in total. The highest BCUT2D eigenvalue weighted by molar-refractivity contribution is 7.88. The Labute approximate surface area is 170 Å². The van der Waals surface area contributed by atoms with E-state index < -0.39 is 10.0 Å². The van der Waals surface area contributed by atoms with Gasteiger partial charge in [0, 0.05) is 17.5 Å². The lowest BCUT2D eigenvalue weighted by Crippen LogP contribution is -2.45. The van der Waals surface area contributed by atoms with Crippen molar-refractivity contribution >= 4 is 27.3 Å². The first kappa shape index (κ1) is 22.5. The summed E-state index contributed by atoms with van der Waals surface area (Å²) in [5, 5.41) is 1.97. The minimum Gasteiger partial charge on any atom is -0.332 e. The number of amides is 1. The molecule has 28 heavy (non-hydrogen) atoms. The van der Waals surface area contributed by atoms with Crippen LogP contribution in [-0.4, -0.2) is 42.4 Å². The zero-order valence-electron chi connectivity index (χ0n) is 16.7. The molecule has 0 saturated heterocycles. The number of hydrogen-bond donors (Lipinski definition) is 0. The summed E-state index contributed by atoms with van der Waals surface area (Å²) in [6.07, 6.45) is 1.74. The molecule has 1 heterocycles. The maximum atomic E-state index is 13.2. The Bertz CT molecular complexity index is 894. The summed E-state index contributed by atoms with van der Waals surface area (Å²) in [4.78, 5) is 15.8. The van der Waals surface area contributed by atoms with Crippen LogP contribution in [0.2, 0.25) is 0 Å². The molecule has 0 aliphatic heterocycles. The number of carbonyl (C=O) groups excluding carboxylic acids is 1. The maximum Gasteiger partial charge on any atom is 0.238 e. The number of rotatable bonds is 9. The van der Waals surface area contributed by atoms with Gasteiger partial charge in [-0.15, -0.1) is 11.3 Å². The standard InChI is InChI=1S/C20H27FN2O3S2/c1-5-16(3)23(28(4,25)26)14-20(24)22(13-19-15(2)10-11-27-19)12-17-6-8-18(21)9-7-17/h6-11,16H,5,12-14H2,1-4H3/t16-/m0/s1. The first-order valence-electron chi connectivity index (χ1n) is 9.13. The molecule has 154 valence electrons. The lowest BCUT2D eigenvalue weighted by Gasteiger charge is -2.29. The van der Waals surface area contributed by atoms with Crippen molar-refractivity contribution in [3.05, 3.63) is 57.5 Å². The van der Waals surface area contributed by atoms with E-state index in [4.69, 9.17) is 0 Å². The summed E-state index contributed by atoms with van der Waals surface area (Å²) in [7, 11) is -3.51. The number of nitrogens with zero attached hydrogens (tertiary/aromatic N) is 2. The smallest absolute Gasteiger partial charge is 0.238 e. The number of thiophene rings is 1. The van der Waals surface area contributed by atoms with Gasteiger partial charge in [0.15, 0.2) is 0 Å². The SMILES string of the molecule is CC[C@H](C)N(CC(=O)N(Cc1ccc(F)cc1)Cc1sccc1C)S(C)(=O)=O. The molecule has 0 fully saturated rings. The fraction of sp³-hybridized carbons (Fsp3) is 0.450. The fourth-order valence-electron chi connectivity index (χ4n) is 2.82. The predicted octanol–water partition coefficient (Wildman–Crippen LogP) is 3.78. The largest absolute Gasteiger partial charge is 0.332 e. The molecule has 1 amide bonds. The minimum atomic E-state index is -3.51. The van der Waals surface area contributed by atoms with Crippen LogP contribution in [0.25, 0.3) is 0 Å². The van der Waals surface area contributed by atoms with E-state index in [1.54, 1.807) is 35.3 Å². The van der Waals surface area contributed by atoms with Crippen molar-refractivity contribution in [1.29, 1.82) is 0 Å². The first-order chi connectivity index (χ1) is 13.1. The van der Waals surface area contributed by atoms with E-state index in [2.05, 4.69) is 0 Å². The quantitative estimate of drug-likeness (QED) is 0.613. The van der Waals surface area contributed by atoms with Gasteiger partial charge in [0.1, 0.15) is 5.82 Å². The third kappa shape index (κ3) is 6.12. The van der Waals surface area contributed by atoms with E-state index in [9.17, 15) is 17.6 Å². The number of sulfonamides is 1. The van der Waals surface area contributed by atoms with Crippen LogP contribution >= 0.6 is 11.3 Å². The van der Waals surface area contributed by atoms with Gasteiger partial charge in [-0.2, -0.15) is 4.31 Å². The Morgan fingerprint density at radius 1 is 1.18 bits per heavy atom. The monoisotopic (exact) mass is 426 g/mol. The second kappa shape index (κ2) is 9.62. The van der Waals surface area contributed by atoms with E-state index in [0.29, 0.717) is 13.0 Å². The van der Waals surface area contributed by atoms with Gasteiger partial charge in [0.25, 0.3) is 0 Å². The van der Waals surface area contributed by atoms with Crippen molar-refractivity contribution in [2.45, 2.75) is 46.3 Å². The second-order valence-electron chi connectivity index (χ2n) is 6.97. The van der Waals surface area contributed by atoms with Crippen LogP contribution in [0.1, 0.15) is 36.3 Å². The zero-order chi connectivity index (χ0) is 20.9. The van der Waals surface area contributed by atoms with Crippen LogP contribution in [0.4, 0.5) is 4.39 Å². The van der Waals surface area contributed by atoms with Crippen LogP contribution < -0.4 is 0 Å². The van der Waals surface area contributed by atoms with Gasteiger partial charge >= 0.3 is 0 Å². The van der Waals surface area contributed by atoms with Gasteiger partial charge in [-0.25, -0.2) is 12.8 Å². The van der Waals surface area contributed by atoms with Crippen molar-refractivity contribution in [1.82, 2.24) is 9.21 Å². The van der Waals surface area contributed by atoms with Crippen molar-refractivity contribution in [3.63, 3.8) is 0 Å². The summed E-state index contributed by atoms with van der Waals surface area (Å²) in [6, 6.07) is 7.71. The molecule has 0 bridgehead atoms. The summed E-state index contributed by atoms with van der Waals surface area (Å²) < 4.78 is 38.8. The molecule has 0 aliphatic carbocycles. The Hall–Kier alpha value is -1.77. The zero-order valence-corrected chi connectivity index (χ0v) is 18.3. The van der Waals surface area contributed by atoms with Crippen LogP contribution in [0.15, 0.2) is 35.7 Å². The lowest BCUT2D eigenvalue weighted by atomic mass is 10.2. The highest BCUT2D eigenvalue weighted by Gasteiger charge is 2.27. The van der Waals surface area contributed by atoms with Crippen LogP contribution in [0.5, 0.6) is 0 Å². The second-order valence-corrected chi connectivity index (χ2v) is 9.90. The van der Waals surface area contributed by atoms with Crippen molar-refractivity contribution < 1.29 is 17.6 Å². The molecule has 1 atom stereocenters. The number of carbonyl (C=O) groups is 1. The molecule has 2 aromatic rings. The highest BCUT2D eigenvalue weighted by atomic mass is 32.2. The van der Waals surface area contributed by atoms with Gasteiger partial charge in [-0.1, -0.05) is 19.1 Å². The normalized spacial score (nSPS) is 12.9. The van der Waals surface area contributed by atoms with Gasteiger partial charge < -0.3 is 4.90 Å². The van der Waals surface area contributed by atoms with Gasteiger partial charge in [0.05, 0.1) is 19.3 Å². The number of benzene rings is 1. The number of hydrogen-bond acceptors (Lipinski definition) is 4. The molecule has 1 aromatic heterocycles. The molecule has 8 heteroatoms. The molecule has 0 spiro atoms. The Kier molecular flexibility index (Phi) is 7.74. The van der Waals surface area contributed by atoms with E-state index in [1.165, 1.54) is 16.4 Å². The lowest BCUT2D eigenvalue weighted by molar-refractivity contribution is -0.133. The molecular formula is C20H27FN2O3S2. The Balaban J connectivity index is 2.26. The minimum absolute atomic E-state index is 0.209. The molecule has 2 rings (SSSR count). The van der Waals surface area contributed by atoms with E-state index in [1.807, 2.05) is 25.3 Å². The first-order valence-corrected chi connectivity index (χ1v) is 11.9. The fourth-order valence-corrected chi connectivity index (χ4v) is 4.89. The molecule has 0 saturated carbocycles. The number of halogens is 1. The third-order valence-electron chi connectivity index (χ3n) is 4.74. The highest BCUT2D eigenvalue weighted by Crippen LogP contribution is 2.20. The Morgan fingerprint density at radius 2 is 1.82 bits per heavy atom. The molecule has 5 nitrogen and oxygen atoms in total. The average Bonchev–Trinajstić information content (AvgIpc) is 3.03. The van der Waals surface area contributed by atoms with E-state index >= 15 is 0 Å². The van der Waals surface area contributed by atoms with E-state index in [-0.39, 0.29) is 30.9 Å². The van der Waals surface area contributed by atoms with Gasteiger partial charge in [-0.3, -0.25) is 4.79 Å².